The van der Waals surface area contributed by atoms with E-state index < -0.39 is 6.10 Å². The lowest BCUT2D eigenvalue weighted by Crippen LogP contribution is -2.30. The minimum absolute atomic E-state index is 0.201. The van der Waals surface area contributed by atoms with Crippen LogP contribution in [0.4, 0.5) is 5.69 Å². The van der Waals surface area contributed by atoms with Crippen molar-refractivity contribution in [3.8, 4) is 5.75 Å². The zero-order valence-electron chi connectivity index (χ0n) is 11.4. The molecule has 0 spiro atoms. The van der Waals surface area contributed by atoms with Gasteiger partial charge in [0.15, 0.2) is 6.10 Å². The quantitative estimate of drug-likeness (QED) is 0.922. The number of rotatable bonds is 4. The average molecular weight is 290 g/mol. The summed E-state index contributed by atoms with van der Waals surface area (Å²) < 4.78 is 5.59. The fourth-order valence-electron chi connectivity index (χ4n) is 1.65. The number of hydrogen-bond acceptors (Lipinski definition) is 2. The second kappa shape index (κ2) is 6.44. The molecule has 3 nitrogen and oxygen atoms in total. The molecule has 0 bridgehead atoms. The molecule has 0 unspecified atom stereocenters. The number of carbonyl (C=O) groups excluding carboxylic acids is 1. The van der Waals surface area contributed by atoms with Gasteiger partial charge in [0, 0.05) is 10.7 Å². The summed E-state index contributed by atoms with van der Waals surface area (Å²) in [6.07, 6.45) is -0.576. The van der Waals surface area contributed by atoms with Crippen LogP contribution in [0.1, 0.15) is 12.5 Å². The van der Waals surface area contributed by atoms with Crippen LogP contribution in [-0.4, -0.2) is 12.0 Å². The van der Waals surface area contributed by atoms with Crippen LogP contribution in [0.25, 0.3) is 0 Å². The summed E-state index contributed by atoms with van der Waals surface area (Å²) in [5.41, 5.74) is 1.84. The van der Waals surface area contributed by atoms with Gasteiger partial charge in [0.1, 0.15) is 5.75 Å². The van der Waals surface area contributed by atoms with E-state index in [1.165, 1.54) is 0 Å². The van der Waals surface area contributed by atoms with Gasteiger partial charge in [-0.3, -0.25) is 4.79 Å². The Hall–Kier alpha value is -2.00. The molecule has 2 aromatic carbocycles. The van der Waals surface area contributed by atoms with E-state index in [1.54, 1.807) is 31.2 Å². The third-order valence-corrected chi connectivity index (χ3v) is 3.07. The van der Waals surface area contributed by atoms with Crippen molar-refractivity contribution in [3.63, 3.8) is 0 Å². The molecule has 0 saturated carbocycles. The SMILES string of the molecule is Cc1ccc(O[C@@H](C)C(=O)Nc2ccc(Cl)cc2)cc1. The molecule has 2 aromatic rings. The molecular formula is C16H16ClNO2. The number of nitrogens with one attached hydrogen (secondary N) is 1. The number of anilines is 1. The molecular weight excluding hydrogens is 274 g/mol. The zero-order valence-corrected chi connectivity index (χ0v) is 12.1. The van der Waals surface area contributed by atoms with Gasteiger partial charge in [-0.15, -0.1) is 0 Å². The molecule has 4 heteroatoms. The highest BCUT2D eigenvalue weighted by Gasteiger charge is 2.14. The first-order valence-electron chi connectivity index (χ1n) is 6.34. The van der Waals surface area contributed by atoms with Gasteiger partial charge < -0.3 is 10.1 Å². The van der Waals surface area contributed by atoms with Crippen molar-refractivity contribution in [2.45, 2.75) is 20.0 Å². The maximum Gasteiger partial charge on any atom is 0.265 e. The van der Waals surface area contributed by atoms with Crippen molar-refractivity contribution in [1.82, 2.24) is 0 Å². The Bertz CT molecular complexity index is 578. The molecule has 0 heterocycles. The van der Waals surface area contributed by atoms with Crippen molar-refractivity contribution in [3.05, 3.63) is 59.1 Å². The van der Waals surface area contributed by atoms with Crippen LogP contribution >= 0.6 is 11.6 Å². The molecule has 104 valence electrons. The van der Waals surface area contributed by atoms with Gasteiger partial charge >= 0.3 is 0 Å². The van der Waals surface area contributed by atoms with Gasteiger partial charge in [-0.1, -0.05) is 29.3 Å². The minimum Gasteiger partial charge on any atom is -0.481 e. The lowest BCUT2D eigenvalue weighted by Gasteiger charge is -2.15. The largest absolute Gasteiger partial charge is 0.481 e. The Morgan fingerprint density at radius 1 is 1.10 bits per heavy atom. The molecule has 0 aromatic heterocycles. The summed E-state index contributed by atoms with van der Waals surface area (Å²) >= 11 is 5.79. The van der Waals surface area contributed by atoms with Crippen molar-refractivity contribution < 1.29 is 9.53 Å². The van der Waals surface area contributed by atoms with Crippen LogP contribution in [-0.2, 0) is 4.79 Å². The van der Waals surface area contributed by atoms with Crippen LogP contribution in [0.3, 0.4) is 0 Å². The highest BCUT2D eigenvalue weighted by molar-refractivity contribution is 6.30. The summed E-state index contributed by atoms with van der Waals surface area (Å²) in [4.78, 5) is 12.0. The zero-order chi connectivity index (χ0) is 14.5. The Labute approximate surface area is 123 Å². The fourth-order valence-corrected chi connectivity index (χ4v) is 1.78. The van der Waals surface area contributed by atoms with Gasteiger partial charge in [-0.05, 0) is 50.2 Å². The van der Waals surface area contributed by atoms with E-state index >= 15 is 0 Å². The Morgan fingerprint density at radius 3 is 2.30 bits per heavy atom. The van der Waals surface area contributed by atoms with Gasteiger partial charge in [0.25, 0.3) is 5.91 Å². The Kier molecular flexibility index (Phi) is 4.64. The molecule has 2 rings (SSSR count). The second-order valence-corrected chi connectivity index (χ2v) is 5.01. The van der Waals surface area contributed by atoms with Crippen LogP contribution in [0.15, 0.2) is 48.5 Å². The van der Waals surface area contributed by atoms with Crippen molar-refractivity contribution >= 4 is 23.2 Å². The molecule has 0 fully saturated rings. The van der Waals surface area contributed by atoms with E-state index in [9.17, 15) is 4.79 Å². The molecule has 0 aliphatic carbocycles. The van der Waals surface area contributed by atoms with Crippen LogP contribution in [0, 0.1) is 6.92 Å². The highest BCUT2D eigenvalue weighted by atomic mass is 35.5. The van der Waals surface area contributed by atoms with Gasteiger partial charge in [-0.2, -0.15) is 0 Å². The summed E-state index contributed by atoms with van der Waals surface area (Å²) in [5.74, 6) is 0.474. The summed E-state index contributed by atoms with van der Waals surface area (Å²) in [6.45, 7) is 3.71. The molecule has 1 atom stereocenters. The average Bonchev–Trinajstić information content (AvgIpc) is 2.44. The molecule has 20 heavy (non-hydrogen) atoms. The number of halogens is 1. The summed E-state index contributed by atoms with van der Waals surface area (Å²) in [5, 5.41) is 3.41. The summed E-state index contributed by atoms with van der Waals surface area (Å²) in [6, 6.07) is 14.5. The topological polar surface area (TPSA) is 38.3 Å². The third-order valence-electron chi connectivity index (χ3n) is 2.81. The monoisotopic (exact) mass is 289 g/mol. The fraction of sp³-hybridized carbons (Fsp3) is 0.188. The van der Waals surface area contributed by atoms with Crippen LogP contribution in [0.5, 0.6) is 5.75 Å². The second-order valence-electron chi connectivity index (χ2n) is 4.57. The van der Waals surface area contributed by atoms with Crippen LogP contribution in [0.2, 0.25) is 5.02 Å². The Balaban J connectivity index is 1.94. The lowest BCUT2D eigenvalue weighted by molar-refractivity contribution is -0.122. The summed E-state index contributed by atoms with van der Waals surface area (Å²) in [7, 11) is 0. The van der Waals surface area contributed by atoms with E-state index in [1.807, 2.05) is 31.2 Å². The van der Waals surface area contributed by atoms with E-state index in [-0.39, 0.29) is 5.91 Å². The van der Waals surface area contributed by atoms with Gasteiger partial charge in [-0.25, -0.2) is 0 Å². The lowest BCUT2D eigenvalue weighted by atomic mass is 10.2. The first-order chi connectivity index (χ1) is 9.54. The van der Waals surface area contributed by atoms with E-state index in [0.717, 1.165) is 5.56 Å². The highest BCUT2D eigenvalue weighted by Crippen LogP contribution is 2.16. The molecule has 0 aliphatic heterocycles. The predicted octanol–water partition coefficient (Wildman–Crippen LogP) is 4.05. The minimum atomic E-state index is -0.576. The number of aryl methyl sites for hydroxylation is 1. The van der Waals surface area contributed by atoms with E-state index in [0.29, 0.717) is 16.5 Å². The first-order valence-corrected chi connectivity index (χ1v) is 6.72. The number of hydrogen-bond donors (Lipinski definition) is 1. The van der Waals surface area contributed by atoms with Crippen molar-refractivity contribution in [2.75, 3.05) is 5.32 Å². The first kappa shape index (κ1) is 14.4. The van der Waals surface area contributed by atoms with Crippen molar-refractivity contribution in [1.29, 1.82) is 0 Å². The van der Waals surface area contributed by atoms with E-state index in [4.69, 9.17) is 16.3 Å². The number of amides is 1. The normalized spacial score (nSPS) is 11.8. The number of benzene rings is 2. The third kappa shape index (κ3) is 4.00. The Morgan fingerprint density at radius 2 is 1.70 bits per heavy atom. The molecule has 0 saturated heterocycles. The van der Waals surface area contributed by atoms with Crippen LogP contribution < -0.4 is 10.1 Å². The molecule has 1 N–H and O–H groups in total. The smallest absolute Gasteiger partial charge is 0.265 e. The maximum absolute atomic E-state index is 12.0. The molecule has 0 radical (unpaired) electrons. The van der Waals surface area contributed by atoms with Crippen molar-refractivity contribution in [2.24, 2.45) is 0 Å². The van der Waals surface area contributed by atoms with Gasteiger partial charge in [0.2, 0.25) is 0 Å². The molecule has 1 amide bonds. The molecule has 0 aliphatic rings. The van der Waals surface area contributed by atoms with Gasteiger partial charge in [0.05, 0.1) is 0 Å². The standard InChI is InChI=1S/C16H16ClNO2/c1-11-3-9-15(10-4-11)20-12(2)16(19)18-14-7-5-13(17)6-8-14/h3-10,12H,1-2H3,(H,18,19)/t12-/m0/s1. The number of ether oxygens (including phenoxy) is 1. The van der Waals surface area contributed by atoms with E-state index in [2.05, 4.69) is 5.32 Å². The maximum atomic E-state index is 12.0. The number of carbonyl (C=O) groups is 1. The predicted molar refractivity (Wildman–Crippen MR) is 81.4 cm³/mol.